The fraction of sp³-hybridized carbons (Fsp3) is 0.235. The van der Waals surface area contributed by atoms with E-state index in [0.717, 1.165) is 23.2 Å². The molecule has 1 heterocycles. The number of amides is 2. The summed E-state index contributed by atoms with van der Waals surface area (Å²) >= 11 is 3.43. The van der Waals surface area contributed by atoms with Gasteiger partial charge in [-0.3, -0.25) is 0 Å². The SMILES string of the molecule is O=C(Nc1ccccc1F)N1CCN(c2ccc(Br)cc2)CC1. The van der Waals surface area contributed by atoms with Crippen LogP contribution in [-0.2, 0) is 0 Å². The molecule has 3 rings (SSSR count). The number of anilines is 2. The number of rotatable bonds is 2. The van der Waals surface area contributed by atoms with E-state index in [4.69, 9.17) is 0 Å². The van der Waals surface area contributed by atoms with E-state index in [1.165, 1.54) is 6.07 Å². The molecule has 0 spiro atoms. The molecule has 1 saturated heterocycles. The monoisotopic (exact) mass is 377 g/mol. The Kier molecular flexibility index (Phi) is 4.81. The first-order valence-electron chi connectivity index (χ1n) is 7.44. The smallest absolute Gasteiger partial charge is 0.322 e. The Morgan fingerprint density at radius 1 is 1.00 bits per heavy atom. The number of piperazine rings is 1. The molecule has 120 valence electrons. The van der Waals surface area contributed by atoms with Gasteiger partial charge in [-0.15, -0.1) is 0 Å². The van der Waals surface area contributed by atoms with Crippen molar-refractivity contribution in [2.45, 2.75) is 0 Å². The zero-order valence-corrected chi connectivity index (χ0v) is 14.1. The molecule has 0 radical (unpaired) electrons. The quantitative estimate of drug-likeness (QED) is 0.859. The predicted octanol–water partition coefficient (Wildman–Crippen LogP) is 3.94. The van der Waals surface area contributed by atoms with Crippen LogP contribution in [0.15, 0.2) is 53.0 Å². The minimum atomic E-state index is -0.422. The largest absolute Gasteiger partial charge is 0.368 e. The lowest BCUT2D eigenvalue weighted by atomic mass is 10.2. The molecule has 2 aromatic rings. The van der Waals surface area contributed by atoms with Crippen molar-refractivity contribution >= 4 is 33.3 Å². The summed E-state index contributed by atoms with van der Waals surface area (Å²) in [6.07, 6.45) is 0. The second-order valence-corrected chi connectivity index (χ2v) is 6.28. The summed E-state index contributed by atoms with van der Waals surface area (Å²) < 4.78 is 14.6. The molecule has 23 heavy (non-hydrogen) atoms. The predicted molar refractivity (Wildman–Crippen MR) is 93.3 cm³/mol. The topological polar surface area (TPSA) is 35.6 Å². The van der Waals surface area contributed by atoms with E-state index in [-0.39, 0.29) is 11.7 Å². The maximum Gasteiger partial charge on any atom is 0.322 e. The Hall–Kier alpha value is -2.08. The number of hydrogen-bond donors (Lipinski definition) is 1. The number of nitrogens with one attached hydrogen (secondary N) is 1. The first-order valence-corrected chi connectivity index (χ1v) is 8.24. The van der Waals surface area contributed by atoms with Crippen molar-refractivity contribution in [3.05, 3.63) is 58.8 Å². The molecule has 6 heteroatoms. The van der Waals surface area contributed by atoms with Crippen LogP contribution in [0.5, 0.6) is 0 Å². The van der Waals surface area contributed by atoms with Gasteiger partial charge in [-0.25, -0.2) is 9.18 Å². The highest BCUT2D eigenvalue weighted by molar-refractivity contribution is 9.10. The van der Waals surface area contributed by atoms with Crippen LogP contribution in [0, 0.1) is 5.82 Å². The average molecular weight is 378 g/mol. The van der Waals surface area contributed by atoms with Gasteiger partial charge in [0, 0.05) is 36.3 Å². The van der Waals surface area contributed by atoms with Crippen molar-refractivity contribution in [1.29, 1.82) is 0 Å². The van der Waals surface area contributed by atoms with Crippen LogP contribution in [0.25, 0.3) is 0 Å². The van der Waals surface area contributed by atoms with Crippen LogP contribution in [0.3, 0.4) is 0 Å². The number of hydrogen-bond acceptors (Lipinski definition) is 2. The van der Waals surface area contributed by atoms with Gasteiger partial charge in [0.15, 0.2) is 0 Å². The minimum Gasteiger partial charge on any atom is -0.368 e. The van der Waals surface area contributed by atoms with Crippen LogP contribution in [0.2, 0.25) is 0 Å². The number of nitrogens with zero attached hydrogens (tertiary/aromatic N) is 2. The Morgan fingerprint density at radius 2 is 1.65 bits per heavy atom. The van der Waals surface area contributed by atoms with Gasteiger partial charge in [-0.1, -0.05) is 28.1 Å². The molecule has 1 fully saturated rings. The van der Waals surface area contributed by atoms with Gasteiger partial charge < -0.3 is 15.1 Å². The zero-order valence-electron chi connectivity index (χ0n) is 12.5. The van der Waals surface area contributed by atoms with Gasteiger partial charge in [0.2, 0.25) is 0 Å². The molecule has 0 saturated carbocycles. The number of benzene rings is 2. The Labute approximate surface area is 143 Å². The van der Waals surface area contributed by atoms with E-state index in [1.807, 2.05) is 12.1 Å². The highest BCUT2D eigenvalue weighted by Gasteiger charge is 2.21. The normalized spacial score (nSPS) is 14.7. The zero-order chi connectivity index (χ0) is 16.2. The van der Waals surface area contributed by atoms with E-state index in [1.54, 1.807) is 23.1 Å². The second kappa shape index (κ2) is 7.00. The Balaban J connectivity index is 1.57. The van der Waals surface area contributed by atoms with Crippen molar-refractivity contribution in [3.63, 3.8) is 0 Å². The third-order valence-corrected chi connectivity index (χ3v) is 4.40. The van der Waals surface area contributed by atoms with Crippen LogP contribution in [-0.4, -0.2) is 37.1 Å². The maximum atomic E-state index is 13.6. The fourth-order valence-corrected chi connectivity index (χ4v) is 2.84. The first-order chi connectivity index (χ1) is 11.1. The van der Waals surface area contributed by atoms with E-state index in [2.05, 4.69) is 38.3 Å². The Bertz CT molecular complexity index is 684. The number of halogens is 2. The van der Waals surface area contributed by atoms with Gasteiger partial charge in [-0.2, -0.15) is 0 Å². The molecular weight excluding hydrogens is 361 g/mol. The molecule has 2 aromatic carbocycles. The van der Waals surface area contributed by atoms with Gasteiger partial charge in [-0.05, 0) is 36.4 Å². The van der Waals surface area contributed by atoms with E-state index >= 15 is 0 Å². The second-order valence-electron chi connectivity index (χ2n) is 5.36. The lowest BCUT2D eigenvalue weighted by Gasteiger charge is -2.36. The van der Waals surface area contributed by atoms with Gasteiger partial charge in [0.1, 0.15) is 5.82 Å². The van der Waals surface area contributed by atoms with Crippen LogP contribution >= 0.6 is 15.9 Å². The van der Waals surface area contributed by atoms with Crippen molar-refractivity contribution in [1.82, 2.24) is 4.90 Å². The molecule has 0 aromatic heterocycles. The van der Waals surface area contributed by atoms with Crippen molar-refractivity contribution in [2.75, 3.05) is 36.4 Å². The molecule has 4 nitrogen and oxygen atoms in total. The van der Waals surface area contributed by atoms with Crippen molar-refractivity contribution in [3.8, 4) is 0 Å². The maximum absolute atomic E-state index is 13.6. The summed E-state index contributed by atoms with van der Waals surface area (Å²) in [5, 5.41) is 2.63. The molecule has 0 bridgehead atoms. The lowest BCUT2D eigenvalue weighted by molar-refractivity contribution is 0.208. The molecule has 2 amide bonds. The molecule has 1 N–H and O–H groups in total. The highest BCUT2D eigenvalue weighted by atomic mass is 79.9. The molecule has 1 aliphatic heterocycles. The summed E-state index contributed by atoms with van der Waals surface area (Å²) in [7, 11) is 0. The van der Waals surface area contributed by atoms with Gasteiger partial charge >= 0.3 is 6.03 Å². The van der Waals surface area contributed by atoms with E-state index < -0.39 is 5.82 Å². The lowest BCUT2D eigenvalue weighted by Crippen LogP contribution is -2.50. The summed E-state index contributed by atoms with van der Waals surface area (Å²) in [6.45, 7) is 2.73. The fourth-order valence-electron chi connectivity index (χ4n) is 2.58. The number of carbonyl (C=O) groups excluding carboxylic acids is 1. The average Bonchev–Trinajstić information content (AvgIpc) is 2.58. The third kappa shape index (κ3) is 3.82. The molecule has 0 aliphatic carbocycles. The van der Waals surface area contributed by atoms with E-state index in [0.29, 0.717) is 13.1 Å². The van der Waals surface area contributed by atoms with Crippen molar-refractivity contribution < 1.29 is 9.18 Å². The summed E-state index contributed by atoms with van der Waals surface area (Å²) in [5.74, 6) is -0.422. The summed E-state index contributed by atoms with van der Waals surface area (Å²) in [6, 6.07) is 14.1. The third-order valence-electron chi connectivity index (χ3n) is 3.87. The first kappa shape index (κ1) is 15.8. The van der Waals surface area contributed by atoms with Crippen molar-refractivity contribution in [2.24, 2.45) is 0 Å². The number of carbonyl (C=O) groups is 1. The van der Waals surface area contributed by atoms with E-state index in [9.17, 15) is 9.18 Å². The van der Waals surface area contributed by atoms with Gasteiger partial charge in [0.05, 0.1) is 5.69 Å². The molecule has 0 unspecified atom stereocenters. The standard InChI is InChI=1S/C17H17BrFN3O/c18-13-5-7-14(8-6-13)21-9-11-22(12-10-21)17(23)20-16-4-2-1-3-15(16)19/h1-8H,9-12H2,(H,20,23). The van der Waals surface area contributed by atoms with Crippen LogP contribution in [0.1, 0.15) is 0 Å². The minimum absolute atomic E-state index is 0.216. The molecule has 1 aliphatic rings. The highest BCUT2D eigenvalue weighted by Crippen LogP contribution is 2.20. The summed E-state index contributed by atoms with van der Waals surface area (Å²) in [4.78, 5) is 16.2. The Morgan fingerprint density at radius 3 is 2.30 bits per heavy atom. The molecule has 0 atom stereocenters. The van der Waals surface area contributed by atoms with Crippen LogP contribution < -0.4 is 10.2 Å². The number of urea groups is 1. The number of para-hydroxylation sites is 1. The van der Waals surface area contributed by atoms with Gasteiger partial charge in [0.25, 0.3) is 0 Å². The summed E-state index contributed by atoms with van der Waals surface area (Å²) in [5.41, 5.74) is 1.36. The molecular formula is C17H17BrFN3O. The van der Waals surface area contributed by atoms with Crippen LogP contribution in [0.4, 0.5) is 20.6 Å².